The Bertz CT molecular complexity index is 1400. The summed E-state index contributed by atoms with van der Waals surface area (Å²) in [6.45, 7) is 12.9. The van der Waals surface area contributed by atoms with E-state index in [9.17, 15) is 18.8 Å². The summed E-state index contributed by atoms with van der Waals surface area (Å²) in [6, 6.07) is 5.72. The van der Waals surface area contributed by atoms with Crippen LogP contribution >= 0.6 is 0 Å². The maximum atomic E-state index is 15.0. The fourth-order valence-electron chi connectivity index (χ4n) is 4.79. The number of likely N-dealkylation sites (tertiary alicyclic amines) is 1. The lowest BCUT2D eigenvalue weighted by molar-refractivity contribution is -0.155. The normalized spacial score (nSPS) is 20.7. The van der Waals surface area contributed by atoms with Crippen molar-refractivity contribution in [3.05, 3.63) is 46.8 Å². The summed E-state index contributed by atoms with van der Waals surface area (Å²) in [4.78, 5) is 26.7. The summed E-state index contributed by atoms with van der Waals surface area (Å²) in [5, 5.41) is 9.78. The van der Waals surface area contributed by atoms with E-state index in [0.29, 0.717) is 22.8 Å². The molecular formula is C32H45F2N7O4. The number of nitrogens with zero attached hydrogens (tertiary/aromatic N) is 6. The molecule has 3 rings (SSSR count). The molecule has 0 radical (unpaired) electrons. The lowest BCUT2D eigenvalue weighted by atomic mass is 10.0. The Morgan fingerprint density at radius 2 is 1.78 bits per heavy atom. The predicted octanol–water partition coefficient (Wildman–Crippen LogP) is 5.18. The van der Waals surface area contributed by atoms with Gasteiger partial charge >= 0.3 is 12.0 Å². The van der Waals surface area contributed by atoms with Gasteiger partial charge in [-0.2, -0.15) is 10.2 Å². The van der Waals surface area contributed by atoms with Crippen LogP contribution in [0.2, 0.25) is 0 Å². The second-order valence-electron chi connectivity index (χ2n) is 12.3. The van der Waals surface area contributed by atoms with Gasteiger partial charge in [0.05, 0.1) is 19.2 Å². The Kier molecular flexibility index (Phi) is 11.6. The number of nitriles is 1. The average molecular weight is 630 g/mol. The van der Waals surface area contributed by atoms with Gasteiger partial charge in [0.15, 0.2) is 11.9 Å². The number of amides is 1. The number of pyridine rings is 1. The fraction of sp³-hybridized carbons (Fsp3) is 0.562. The number of piperazine rings is 1. The summed E-state index contributed by atoms with van der Waals surface area (Å²) in [5.41, 5.74) is 7.76. The number of carbonyl (C=O) groups excluding carboxylic acids is 1. The molecule has 2 saturated heterocycles. The molecule has 246 valence electrons. The smallest absolute Gasteiger partial charge is 0.410 e. The van der Waals surface area contributed by atoms with Gasteiger partial charge < -0.3 is 34.6 Å². The Labute approximate surface area is 264 Å². The maximum absolute atomic E-state index is 15.0. The highest BCUT2D eigenvalue weighted by atomic mass is 19.3. The number of allylic oxidation sites excluding steroid dienone is 5. The monoisotopic (exact) mass is 629 g/mol. The maximum Gasteiger partial charge on any atom is 0.410 e. The van der Waals surface area contributed by atoms with Crippen LogP contribution < -0.4 is 15.4 Å². The molecule has 3 heterocycles. The Morgan fingerprint density at radius 3 is 2.36 bits per heavy atom. The van der Waals surface area contributed by atoms with Crippen molar-refractivity contribution in [1.82, 2.24) is 14.8 Å². The van der Waals surface area contributed by atoms with Crippen molar-refractivity contribution in [1.29, 1.82) is 5.26 Å². The van der Waals surface area contributed by atoms with Crippen LogP contribution in [-0.4, -0.2) is 97.8 Å². The highest BCUT2D eigenvalue weighted by Gasteiger charge is 2.48. The minimum atomic E-state index is -3.34. The molecular weight excluding hydrogens is 584 g/mol. The number of rotatable bonds is 8. The van der Waals surface area contributed by atoms with Gasteiger partial charge in [-0.1, -0.05) is 0 Å². The number of ether oxygens (including phenoxy) is 3. The molecule has 2 aliphatic heterocycles. The van der Waals surface area contributed by atoms with E-state index in [-0.39, 0.29) is 30.1 Å². The van der Waals surface area contributed by atoms with Crippen molar-refractivity contribution >= 4 is 23.4 Å². The van der Waals surface area contributed by atoms with Gasteiger partial charge in [0.25, 0.3) is 0 Å². The number of nitrogens with two attached hydrogens (primary N) is 1. The number of anilines is 1. The van der Waals surface area contributed by atoms with E-state index in [1.807, 2.05) is 12.1 Å². The molecule has 1 aromatic heterocycles. The minimum Gasteiger partial charge on any atom is -0.487 e. The van der Waals surface area contributed by atoms with Gasteiger partial charge in [0.2, 0.25) is 5.88 Å². The molecule has 0 spiro atoms. The van der Waals surface area contributed by atoms with Crippen LogP contribution in [0.3, 0.4) is 0 Å². The Balaban J connectivity index is 1.71. The molecule has 11 nitrogen and oxygen atoms in total. The molecule has 1 unspecified atom stereocenters. The SMILES string of the molecule is COc1nc(N=C(N)/C=C(C)/C(C)=C/C(C#N)=C(\C)OC2CCN(C(=O)OC(C)(C)C)CC2(F)F)ccc1N1CCN(C)CC1. The third-order valence-electron chi connectivity index (χ3n) is 7.46. The Hall–Kier alpha value is -4.18. The number of likely N-dealkylation sites (N-methyl/N-ethyl adjacent to an activating group) is 1. The zero-order valence-corrected chi connectivity index (χ0v) is 27.5. The number of alkyl halides is 2. The van der Waals surface area contributed by atoms with Crippen LogP contribution in [0, 0.1) is 11.3 Å². The highest BCUT2D eigenvalue weighted by molar-refractivity contribution is 5.94. The lowest BCUT2D eigenvalue weighted by Crippen LogP contribution is -2.54. The number of carbonyl (C=O) groups is 1. The van der Waals surface area contributed by atoms with Gasteiger partial charge in [-0.15, -0.1) is 0 Å². The first-order valence-corrected chi connectivity index (χ1v) is 14.9. The number of methoxy groups -OCH3 is 1. The van der Waals surface area contributed by atoms with E-state index in [2.05, 4.69) is 26.8 Å². The quantitative estimate of drug-likeness (QED) is 0.136. The van der Waals surface area contributed by atoms with E-state index in [4.69, 9.17) is 19.9 Å². The van der Waals surface area contributed by atoms with Crippen LogP contribution in [0.1, 0.15) is 48.0 Å². The van der Waals surface area contributed by atoms with Crippen LogP contribution in [0.4, 0.5) is 25.1 Å². The largest absolute Gasteiger partial charge is 0.487 e. The number of hydrogen-bond acceptors (Lipinski definition) is 9. The summed E-state index contributed by atoms with van der Waals surface area (Å²) in [7, 11) is 3.66. The summed E-state index contributed by atoms with van der Waals surface area (Å²) in [5.74, 6) is -2.25. The van der Waals surface area contributed by atoms with Gasteiger partial charge in [0.1, 0.15) is 29.0 Å². The number of aromatic nitrogens is 1. The molecule has 0 saturated carbocycles. The molecule has 0 bridgehead atoms. The van der Waals surface area contributed by atoms with Crippen molar-refractivity contribution in [2.45, 2.75) is 65.6 Å². The van der Waals surface area contributed by atoms with Gasteiger partial charge in [-0.25, -0.2) is 18.6 Å². The second kappa shape index (κ2) is 14.7. The van der Waals surface area contributed by atoms with Gasteiger partial charge in [-0.3, -0.25) is 0 Å². The zero-order valence-electron chi connectivity index (χ0n) is 27.5. The standard InChI is InChI=1S/C32H45F2N7O4/c1-21(17-24(19-35)23(3)44-26-11-12-41(20-32(26,33)34)30(42)45-31(4,5)6)22(2)18-27(36)37-28-10-9-25(29(38-28)43-8)40-15-13-39(7)14-16-40/h9-10,17-18,26H,11-16,20H2,1-8H3,(H2,36,37,38)/b21-17+,22-18+,24-23-. The number of halogens is 2. The van der Waals surface area contributed by atoms with E-state index >= 15 is 0 Å². The predicted molar refractivity (Wildman–Crippen MR) is 170 cm³/mol. The van der Waals surface area contributed by atoms with Crippen LogP contribution in [0.5, 0.6) is 5.88 Å². The summed E-state index contributed by atoms with van der Waals surface area (Å²) < 4.78 is 46.3. The van der Waals surface area contributed by atoms with Crippen molar-refractivity contribution in [3.63, 3.8) is 0 Å². The average Bonchev–Trinajstić information content (AvgIpc) is 2.95. The minimum absolute atomic E-state index is 0.0406. The topological polar surface area (TPSA) is 130 Å². The van der Waals surface area contributed by atoms with E-state index in [1.165, 1.54) is 6.92 Å². The second-order valence-corrected chi connectivity index (χ2v) is 12.3. The first-order valence-electron chi connectivity index (χ1n) is 14.9. The van der Waals surface area contributed by atoms with Gasteiger partial charge in [-0.05, 0) is 84.0 Å². The Morgan fingerprint density at radius 1 is 1.13 bits per heavy atom. The fourth-order valence-corrected chi connectivity index (χ4v) is 4.79. The molecule has 2 aliphatic rings. The molecule has 1 aromatic rings. The molecule has 0 aliphatic carbocycles. The van der Waals surface area contributed by atoms with Gasteiger partial charge in [0, 0.05) is 39.1 Å². The van der Waals surface area contributed by atoms with E-state index in [0.717, 1.165) is 36.8 Å². The zero-order chi connectivity index (χ0) is 33.5. The first kappa shape index (κ1) is 35.3. The van der Waals surface area contributed by atoms with E-state index in [1.54, 1.807) is 59.9 Å². The van der Waals surface area contributed by atoms with Crippen molar-refractivity contribution < 1.29 is 27.8 Å². The highest BCUT2D eigenvalue weighted by Crippen LogP contribution is 2.33. The molecule has 1 amide bonds. The molecule has 2 fully saturated rings. The van der Waals surface area contributed by atoms with Crippen molar-refractivity contribution in [2.75, 3.05) is 58.3 Å². The molecule has 0 aromatic carbocycles. The van der Waals surface area contributed by atoms with Crippen molar-refractivity contribution in [3.8, 4) is 11.9 Å². The van der Waals surface area contributed by atoms with Crippen LogP contribution in [-0.2, 0) is 9.47 Å². The number of piperidine rings is 1. The molecule has 45 heavy (non-hydrogen) atoms. The molecule has 1 atom stereocenters. The number of aliphatic imine (C=N–C) groups is 1. The summed E-state index contributed by atoms with van der Waals surface area (Å²) >= 11 is 0. The summed E-state index contributed by atoms with van der Waals surface area (Å²) in [6.07, 6.45) is 0.771. The van der Waals surface area contributed by atoms with Crippen molar-refractivity contribution in [2.24, 2.45) is 10.7 Å². The third kappa shape index (κ3) is 9.91. The van der Waals surface area contributed by atoms with Crippen LogP contribution in [0.15, 0.2) is 51.8 Å². The number of hydrogen-bond donors (Lipinski definition) is 1. The van der Waals surface area contributed by atoms with Crippen LogP contribution in [0.25, 0.3) is 0 Å². The third-order valence-corrected chi connectivity index (χ3v) is 7.46. The molecule has 2 N–H and O–H groups in total. The molecule has 13 heteroatoms. The number of amidine groups is 1. The van der Waals surface area contributed by atoms with E-state index < -0.39 is 30.3 Å². The first-order chi connectivity index (χ1) is 21.0. The lowest BCUT2D eigenvalue weighted by Gasteiger charge is -2.38.